The Labute approximate surface area is 75.7 Å². The molecule has 0 spiro atoms. The van der Waals surface area contributed by atoms with E-state index in [-0.39, 0.29) is 5.72 Å². The minimum atomic E-state index is -0.0519. The van der Waals surface area contributed by atoms with Crippen molar-refractivity contribution in [3.05, 3.63) is 0 Å². The van der Waals surface area contributed by atoms with Gasteiger partial charge in [-0.2, -0.15) is 0 Å². The van der Waals surface area contributed by atoms with Crippen LogP contribution in [-0.2, 0) is 4.74 Å². The molecule has 12 heavy (non-hydrogen) atoms. The molecule has 0 saturated carbocycles. The normalized spacial score (nSPS) is 36.2. The maximum atomic E-state index is 5.69. The van der Waals surface area contributed by atoms with Crippen molar-refractivity contribution in [3.63, 3.8) is 0 Å². The van der Waals surface area contributed by atoms with Crippen molar-refractivity contribution >= 4 is 0 Å². The largest absolute Gasteiger partial charge is 0.359 e. The maximum absolute atomic E-state index is 5.69. The molecule has 1 fully saturated rings. The molecule has 72 valence electrons. The van der Waals surface area contributed by atoms with Gasteiger partial charge in [-0.25, -0.2) is 0 Å². The molecule has 0 aromatic heterocycles. The van der Waals surface area contributed by atoms with Crippen LogP contribution in [-0.4, -0.2) is 18.4 Å². The van der Waals surface area contributed by atoms with E-state index in [0.717, 1.165) is 18.9 Å². The Morgan fingerprint density at radius 3 is 2.67 bits per heavy atom. The van der Waals surface area contributed by atoms with Crippen LogP contribution in [0.3, 0.4) is 0 Å². The van der Waals surface area contributed by atoms with Crippen molar-refractivity contribution in [1.29, 1.82) is 0 Å². The first-order chi connectivity index (χ1) is 5.52. The lowest BCUT2D eigenvalue weighted by molar-refractivity contribution is -0.00451. The van der Waals surface area contributed by atoms with Crippen LogP contribution in [0, 0.1) is 5.92 Å². The van der Waals surface area contributed by atoms with Crippen molar-refractivity contribution in [2.24, 2.45) is 5.92 Å². The van der Waals surface area contributed by atoms with Crippen LogP contribution >= 0.6 is 0 Å². The Hall–Kier alpha value is -0.0800. The Morgan fingerprint density at radius 2 is 2.25 bits per heavy atom. The van der Waals surface area contributed by atoms with E-state index in [0.29, 0.717) is 6.04 Å². The molecule has 1 N–H and O–H groups in total. The number of nitrogens with one attached hydrogen (secondary N) is 1. The molecule has 0 radical (unpaired) electrons. The summed E-state index contributed by atoms with van der Waals surface area (Å²) in [5, 5.41) is 3.46. The summed E-state index contributed by atoms with van der Waals surface area (Å²) in [5.41, 5.74) is -0.0519. The summed E-state index contributed by atoms with van der Waals surface area (Å²) in [4.78, 5) is 0. The van der Waals surface area contributed by atoms with Crippen molar-refractivity contribution < 1.29 is 4.74 Å². The summed E-state index contributed by atoms with van der Waals surface area (Å²) >= 11 is 0. The SMILES string of the molecule is CC(C)CCC1(C)NC(C)CO1. The standard InChI is InChI=1S/C10H21NO/c1-8(2)5-6-10(4)11-9(3)7-12-10/h8-9,11H,5-7H2,1-4H3. The predicted octanol–water partition coefficient (Wildman–Crippen LogP) is 2.15. The van der Waals surface area contributed by atoms with Crippen LogP contribution in [0.5, 0.6) is 0 Å². The first kappa shape index (κ1) is 10.0. The third-order valence-electron chi connectivity index (χ3n) is 2.40. The van der Waals surface area contributed by atoms with Gasteiger partial charge in [0.15, 0.2) is 0 Å². The van der Waals surface area contributed by atoms with Crippen molar-refractivity contribution in [3.8, 4) is 0 Å². The van der Waals surface area contributed by atoms with Gasteiger partial charge in [-0.3, -0.25) is 5.32 Å². The lowest BCUT2D eigenvalue weighted by Crippen LogP contribution is -2.40. The zero-order valence-corrected chi connectivity index (χ0v) is 8.68. The van der Waals surface area contributed by atoms with Crippen LogP contribution in [0.2, 0.25) is 0 Å². The summed E-state index contributed by atoms with van der Waals surface area (Å²) in [6.45, 7) is 9.68. The second-order valence-corrected chi connectivity index (χ2v) is 4.52. The summed E-state index contributed by atoms with van der Waals surface area (Å²) < 4.78 is 5.69. The highest BCUT2D eigenvalue weighted by atomic mass is 16.5. The Morgan fingerprint density at radius 1 is 1.58 bits per heavy atom. The fourth-order valence-electron chi connectivity index (χ4n) is 1.62. The maximum Gasteiger partial charge on any atom is 0.116 e. The van der Waals surface area contributed by atoms with Gasteiger partial charge >= 0.3 is 0 Å². The molecule has 1 aliphatic heterocycles. The Kier molecular flexibility index (Phi) is 3.13. The molecule has 2 atom stereocenters. The first-order valence-corrected chi connectivity index (χ1v) is 4.93. The summed E-state index contributed by atoms with van der Waals surface area (Å²) in [6.07, 6.45) is 2.35. The Bertz CT molecular complexity index is 147. The minimum absolute atomic E-state index is 0.0519. The molecular weight excluding hydrogens is 150 g/mol. The third-order valence-corrected chi connectivity index (χ3v) is 2.40. The minimum Gasteiger partial charge on any atom is -0.359 e. The van der Waals surface area contributed by atoms with Crippen molar-refractivity contribution in [2.45, 2.75) is 52.3 Å². The zero-order chi connectivity index (χ0) is 9.19. The van der Waals surface area contributed by atoms with E-state index in [1.807, 2.05) is 0 Å². The molecule has 1 rings (SSSR count). The molecule has 0 aliphatic carbocycles. The van der Waals surface area contributed by atoms with Gasteiger partial charge in [0, 0.05) is 6.04 Å². The average Bonchev–Trinajstić information content (AvgIpc) is 2.29. The molecular formula is C10H21NO. The monoisotopic (exact) mass is 171 g/mol. The fraction of sp³-hybridized carbons (Fsp3) is 1.00. The van der Waals surface area contributed by atoms with Crippen molar-refractivity contribution in [2.75, 3.05) is 6.61 Å². The van der Waals surface area contributed by atoms with E-state index in [9.17, 15) is 0 Å². The molecule has 1 saturated heterocycles. The molecule has 0 bridgehead atoms. The highest BCUT2D eigenvalue weighted by molar-refractivity contribution is 4.82. The van der Waals surface area contributed by atoms with Crippen LogP contribution in [0.4, 0.5) is 0 Å². The van der Waals surface area contributed by atoms with Crippen LogP contribution in [0.25, 0.3) is 0 Å². The number of hydrogen-bond acceptors (Lipinski definition) is 2. The second kappa shape index (κ2) is 3.75. The number of ether oxygens (including phenoxy) is 1. The molecule has 2 unspecified atom stereocenters. The van der Waals surface area contributed by atoms with Gasteiger partial charge in [0.1, 0.15) is 5.72 Å². The van der Waals surface area contributed by atoms with Crippen molar-refractivity contribution in [1.82, 2.24) is 5.32 Å². The van der Waals surface area contributed by atoms with E-state index < -0.39 is 0 Å². The summed E-state index contributed by atoms with van der Waals surface area (Å²) in [6, 6.07) is 0.516. The van der Waals surface area contributed by atoms with E-state index >= 15 is 0 Å². The van der Waals surface area contributed by atoms with Gasteiger partial charge in [0.05, 0.1) is 6.61 Å². The fourth-order valence-corrected chi connectivity index (χ4v) is 1.62. The quantitative estimate of drug-likeness (QED) is 0.702. The van der Waals surface area contributed by atoms with Gasteiger partial charge in [-0.15, -0.1) is 0 Å². The van der Waals surface area contributed by atoms with E-state index in [2.05, 4.69) is 33.0 Å². The van der Waals surface area contributed by atoms with Gasteiger partial charge in [-0.1, -0.05) is 13.8 Å². The average molecular weight is 171 g/mol. The smallest absolute Gasteiger partial charge is 0.116 e. The highest BCUT2D eigenvalue weighted by Crippen LogP contribution is 2.22. The number of hydrogen-bond donors (Lipinski definition) is 1. The summed E-state index contributed by atoms with van der Waals surface area (Å²) in [7, 11) is 0. The molecule has 0 aromatic rings. The zero-order valence-electron chi connectivity index (χ0n) is 8.68. The lowest BCUT2D eigenvalue weighted by atomic mass is 10.0. The molecule has 0 amide bonds. The molecule has 2 nitrogen and oxygen atoms in total. The molecule has 2 heteroatoms. The lowest BCUT2D eigenvalue weighted by Gasteiger charge is -2.24. The Balaban J connectivity index is 2.30. The van der Waals surface area contributed by atoms with Crippen LogP contribution in [0.1, 0.15) is 40.5 Å². The first-order valence-electron chi connectivity index (χ1n) is 4.93. The van der Waals surface area contributed by atoms with Gasteiger partial charge in [0.2, 0.25) is 0 Å². The number of rotatable bonds is 3. The second-order valence-electron chi connectivity index (χ2n) is 4.52. The van der Waals surface area contributed by atoms with Crippen LogP contribution in [0.15, 0.2) is 0 Å². The molecule has 1 heterocycles. The highest BCUT2D eigenvalue weighted by Gasteiger charge is 2.32. The predicted molar refractivity (Wildman–Crippen MR) is 51.0 cm³/mol. The van der Waals surface area contributed by atoms with Gasteiger partial charge < -0.3 is 4.74 Å². The van der Waals surface area contributed by atoms with E-state index in [1.54, 1.807) is 0 Å². The van der Waals surface area contributed by atoms with E-state index in [4.69, 9.17) is 4.74 Å². The molecule has 0 aromatic carbocycles. The van der Waals surface area contributed by atoms with E-state index in [1.165, 1.54) is 6.42 Å². The topological polar surface area (TPSA) is 21.3 Å². The summed E-state index contributed by atoms with van der Waals surface area (Å²) in [5.74, 6) is 0.767. The third kappa shape index (κ3) is 2.76. The van der Waals surface area contributed by atoms with Gasteiger partial charge in [-0.05, 0) is 32.6 Å². The molecule has 1 aliphatic rings. The van der Waals surface area contributed by atoms with Crippen LogP contribution < -0.4 is 5.32 Å². The van der Waals surface area contributed by atoms with Gasteiger partial charge in [0.25, 0.3) is 0 Å².